The number of hydrogen-bond acceptors (Lipinski definition) is 5. The highest BCUT2D eigenvalue weighted by molar-refractivity contribution is 9.10. The maximum Gasteiger partial charge on any atom is 0.415 e. The number of para-hydroxylation sites is 1. The van der Waals surface area contributed by atoms with E-state index in [1.54, 1.807) is 17.0 Å². The summed E-state index contributed by atoms with van der Waals surface area (Å²) in [5, 5.41) is 0. The molecule has 28 heavy (non-hydrogen) atoms. The lowest BCUT2D eigenvalue weighted by Gasteiger charge is -2.49. The second-order valence-corrected chi connectivity index (χ2v) is 8.08. The minimum atomic E-state index is -0.284. The number of rotatable bonds is 3. The maximum absolute atomic E-state index is 12.5. The van der Waals surface area contributed by atoms with E-state index in [9.17, 15) is 4.79 Å². The van der Waals surface area contributed by atoms with Gasteiger partial charge in [0.1, 0.15) is 5.75 Å². The standard InChI is InChI=1S/C21H24BrN3O3/c22-17-6-7-19(23-16-17)21(8-14-27-15-9-21)25-12-10-24(11-13-25)20(26)28-18-4-2-1-3-5-18/h1-7,16H,8-15H2. The van der Waals surface area contributed by atoms with E-state index in [0.717, 1.165) is 49.3 Å². The van der Waals surface area contributed by atoms with Gasteiger partial charge in [-0.1, -0.05) is 18.2 Å². The van der Waals surface area contributed by atoms with Gasteiger partial charge in [-0.25, -0.2) is 4.79 Å². The fraction of sp³-hybridized carbons (Fsp3) is 0.429. The molecule has 2 fully saturated rings. The average Bonchev–Trinajstić information content (AvgIpc) is 2.75. The van der Waals surface area contributed by atoms with Crippen LogP contribution in [0.1, 0.15) is 18.5 Å². The number of carbonyl (C=O) groups is 1. The Labute approximate surface area is 173 Å². The average molecular weight is 446 g/mol. The predicted octanol–water partition coefficient (Wildman–Crippen LogP) is 3.67. The van der Waals surface area contributed by atoms with E-state index in [1.807, 2.05) is 30.5 Å². The van der Waals surface area contributed by atoms with E-state index in [1.165, 1.54) is 0 Å². The number of carbonyl (C=O) groups excluding carboxylic acids is 1. The summed E-state index contributed by atoms with van der Waals surface area (Å²) in [5.41, 5.74) is 0.952. The number of pyridine rings is 1. The number of ether oxygens (including phenoxy) is 2. The first kappa shape index (κ1) is 19.4. The van der Waals surface area contributed by atoms with E-state index >= 15 is 0 Å². The number of benzene rings is 1. The largest absolute Gasteiger partial charge is 0.415 e. The van der Waals surface area contributed by atoms with Crippen LogP contribution in [-0.2, 0) is 10.3 Å². The molecule has 2 saturated heterocycles. The molecule has 0 saturated carbocycles. The smallest absolute Gasteiger partial charge is 0.410 e. The molecule has 3 heterocycles. The zero-order valence-corrected chi connectivity index (χ0v) is 17.3. The molecule has 6 nitrogen and oxygen atoms in total. The summed E-state index contributed by atoms with van der Waals surface area (Å²) in [7, 11) is 0. The normalized spacial score (nSPS) is 20.0. The van der Waals surface area contributed by atoms with Crippen molar-refractivity contribution in [3.63, 3.8) is 0 Å². The topological polar surface area (TPSA) is 54.9 Å². The van der Waals surface area contributed by atoms with Gasteiger partial charge in [-0.3, -0.25) is 9.88 Å². The fourth-order valence-corrected chi connectivity index (χ4v) is 4.30. The van der Waals surface area contributed by atoms with Gasteiger partial charge in [0.2, 0.25) is 0 Å². The number of amides is 1. The highest BCUT2D eigenvalue weighted by Gasteiger charge is 2.43. The molecule has 7 heteroatoms. The minimum absolute atomic E-state index is 0.131. The second kappa shape index (κ2) is 8.59. The van der Waals surface area contributed by atoms with Crippen LogP contribution in [-0.4, -0.2) is 60.3 Å². The Morgan fingerprint density at radius 3 is 2.39 bits per heavy atom. The van der Waals surface area contributed by atoms with Crippen LogP contribution in [0.15, 0.2) is 53.1 Å². The molecule has 2 aliphatic heterocycles. The molecule has 2 aromatic rings. The molecule has 1 aromatic carbocycles. The van der Waals surface area contributed by atoms with Gasteiger partial charge in [0.05, 0.1) is 11.2 Å². The van der Waals surface area contributed by atoms with Crippen LogP contribution < -0.4 is 4.74 Å². The summed E-state index contributed by atoms with van der Waals surface area (Å²) >= 11 is 3.48. The highest BCUT2D eigenvalue weighted by atomic mass is 79.9. The molecule has 1 amide bonds. The van der Waals surface area contributed by atoms with Crippen LogP contribution >= 0.6 is 15.9 Å². The van der Waals surface area contributed by atoms with Crippen molar-refractivity contribution in [1.29, 1.82) is 0 Å². The van der Waals surface area contributed by atoms with E-state index in [0.29, 0.717) is 18.8 Å². The van der Waals surface area contributed by atoms with Crippen LogP contribution in [0.3, 0.4) is 0 Å². The molecule has 148 valence electrons. The van der Waals surface area contributed by atoms with E-state index in [4.69, 9.17) is 14.5 Å². The minimum Gasteiger partial charge on any atom is -0.410 e. The first-order valence-corrected chi connectivity index (χ1v) is 10.4. The Bertz CT molecular complexity index is 786. The van der Waals surface area contributed by atoms with Gasteiger partial charge in [0, 0.05) is 50.1 Å². The lowest BCUT2D eigenvalue weighted by Crippen LogP contribution is -2.58. The summed E-state index contributed by atoms with van der Waals surface area (Å²) < 4.78 is 12.1. The molecule has 0 radical (unpaired) electrons. The number of nitrogens with zero attached hydrogens (tertiary/aromatic N) is 3. The van der Waals surface area contributed by atoms with Gasteiger partial charge < -0.3 is 14.4 Å². The first-order valence-electron chi connectivity index (χ1n) is 9.64. The summed E-state index contributed by atoms with van der Waals surface area (Å²) in [4.78, 5) is 21.4. The van der Waals surface area contributed by atoms with Gasteiger partial charge in [0.15, 0.2) is 0 Å². The Morgan fingerprint density at radius 1 is 1.04 bits per heavy atom. The molecule has 0 aliphatic carbocycles. The molecule has 0 bridgehead atoms. The van der Waals surface area contributed by atoms with E-state index < -0.39 is 0 Å². The van der Waals surface area contributed by atoms with Crippen molar-refractivity contribution in [2.45, 2.75) is 18.4 Å². The predicted molar refractivity (Wildman–Crippen MR) is 109 cm³/mol. The number of halogens is 1. The third kappa shape index (κ3) is 4.06. The Kier molecular flexibility index (Phi) is 5.94. The van der Waals surface area contributed by atoms with Crippen LogP contribution in [0, 0.1) is 0 Å². The summed E-state index contributed by atoms with van der Waals surface area (Å²) in [6.45, 7) is 4.33. The van der Waals surface area contributed by atoms with Crippen molar-refractivity contribution >= 4 is 22.0 Å². The zero-order chi connectivity index (χ0) is 19.4. The molecule has 2 aliphatic rings. The van der Waals surface area contributed by atoms with E-state index in [-0.39, 0.29) is 11.6 Å². The maximum atomic E-state index is 12.5. The summed E-state index contributed by atoms with van der Waals surface area (Å²) in [5.74, 6) is 0.579. The Balaban J connectivity index is 1.44. The Hall–Kier alpha value is -1.96. The molecular formula is C21H24BrN3O3. The van der Waals surface area contributed by atoms with Crippen LogP contribution in [0.25, 0.3) is 0 Å². The van der Waals surface area contributed by atoms with Gasteiger partial charge in [-0.05, 0) is 53.0 Å². The third-order valence-corrected chi connectivity index (χ3v) is 6.08. The second-order valence-electron chi connectivity index (χ2n) is 7.16. The van der Waals surface area contributed by atoms with Crippen molar-refractivity contribution in [1.82, 2.24) is 14.8 Å². The summed E-state index contributed by atoms with van der Waals surface area (Å²) in [6, 6.07) is 13.4. The monoisotopic (exact) mass is 445 g/mol. The van der Waals surface area contributed by atoms with Gasteiger partial charge in [-0.2, -0.15) is 0 Å². The number of aromatic nitrogens is 1. The van der Waals surface area contributed by atoms with Gasteiger partial charge in [-0.15, -0.1) is 0 Å². The van der Waals surface area contributed by atoms with Crippen LogP contribution in [0.4, 0.5) is 4.79 Å². The lowest BCUT2D eigenvalue weighted by molar-refractivity contribution is -0.0504. The van der Waals surface area contributed by atoms with Crippen molar-refractivity contribution < 1.29 is 14.3 Å². The fourth-order valence-electron chi connectivity index (χ4n) is 4.07. The van der Waals surface area contributed by atoms with Crippen molar-refractivity contribution in [3.8, 4) is 5.75 Å². The van der Waals surface area contributed by atoms with Crippen molar-refractivity contribution in [3.05, 3.63) is 58.8 Å². The number of hydrogen-bond donors (Lipinski definition) is 0. The zero-order valence-electron chi connectivity index (χ0n) is 15.7. The number of piperazine rings is 1. The van der Waals surface area contributed by atoms with Gasteiger partial charge in [0.25, 0.3) is 0 Å². The van der Waals surface area contributed by atoms with Crippen molar-refractivity contribution in [2.75, 3.05) is 39.4 Å². The van der Waals surface area contributed by atoms with E-state index in [2.05, 4.69) is 26.9 Å². The molecular weight excluding hydrogens is 422 g/mol. The summed E-state index contributed by atoms with van der Waals surface area (Å²) in [6.07, 6.45) is 3.40. The van der Waals surface area contributed by atoms with Gasteiger partial charge >= 0.3 is 6.09 Å². The molecule has 0 spiro atoms. The SMILES string of the molecule is O=C(Oc1ccccc1)N1CCN(C2(c3ccc(Br)cn3)CCOCC2)CC1. The molecule has 4 rings (SSSR count). The molecule has 0 unspecified atom stereocenters. The van der Waals surface area contributed by atoms with Crippen LogP contribution in [0.5, 0.6) is 5.75 Å². The highest BCUT2D eigenvalue weighted by Crippen LogP contribution is 2.38. The molecule has 0 atom stereocenters. The Morgan fingerprint density at radius 2 is 1.75 bits per heavy atom. The first-order chi connectivity index (χ1) is 13.7. The van der Waals surface area contributed by atoms with Crippen LogP contribution in [0.2, 0.25) is 0 Å². The molecule has 1 aromatic heterocycles. The third-order valence-electron chi connectivity index (χ3n) is 5.62. The molecule has 0 N–H and O–H groups in total. The van der Waals surface area contributed by atoms with Crippen molar-refractivity contribution in [2.24, 2.45) is 0 Å². The lowest BCUT2D eigenvalue weighted by atomic mass is 9.83. The quantitative estimate of drug-likeness (QED) is 0.721.